The SMILES string of the molecule is CC(C)n1ncc2c(C(=O)NC(c3ccccc3)c3ccncc3)cc(C3CC3)nc21. The third-order valence-electron chi connectivity index (χ3n) is 5.76. The smallest absolute Gasteiger partial charge is 0.252 e. The van der Waals surface area contributed by atoms with Crippen molar-refractivity contribution in [1.82, 2.24) is 25.1 Å². The molecule has 6 heteroatoms. The van der Waals surface area contributed by atoms with E-state index in [1.807, 2.05) is 53.2 Å². The Morgan fingerprint density at radius 2 is 1.77 bits per heavy atom. The second kappa shape index (κ2) is 7.95. The standard InChI is InChI=1S/C25H25N5O/c1-16(2)30-24-21(15-27-30)20(14-22(28-24)17-8-9-17)25(31)29-23(18-6-4-3-5-7-18)19-10-12-26-13-11-19/h3-7,10-17,23H,8-9H2,1-2H3,(H,29,31). The maximum absolute atomic E-state index is 13.6. The van der Waals surface area contributed by atoms with Gasteiger partial charge in [-0.3, -0.25) is 9.78 Å². The van der Waals surface area contributed by atoms with Gasteiger partial charge < -0.3 is 5.32 Å². The zero-order chi connectivity index (χ0) is 21.4. The van der Waals surface area contributed by atoms with Crippen LogP contribution in [0.1, 0.15) is 71.9 Å². The largest absolute Gasteiger partial charge is 0.341 e. The van der Waals surface area contributed by atoms with Crippen LogP contribution in [0, 0.1) is 0 Å². The average molecular weight is 412 g/mol. The van der Waals surface area contributed by atoms with Crippen LogP contribution in [-0.2, 0) is 0 Å². The molecular weight excluding hydrogens is 386 g/mol. The van der Waals surface area contributed by atoms with Gasteiger partial charge in [0.25, 0.3) is 5.91 Å². The molecular formula is C25H25N5O. The van der Waals surface area contributed by atoms with Gasteiger partial charge in [0.05, 0.1) is 23.2 Å². The normalized spacial score (nSPS) is 14.7. The number of carbonyl (C=O) groups excluding carboxylic acids is 1. The van der Waals surface area contributed by atoms with Gasteiger partial charge in [-0.25, -0.2) is 9.67 Å². The second-order valence-electron chi connectivity index (χ2n) is 8.39. The minimum absolute atomic E-state index is 0.122. The molecule has 1 atom stereocenters. The fraction of sp³-hybridized carbons (Fsp3) is 0.280. The number of hydrogen-bond acceptors (Lipinski definition) is 4. The highest BCUT2D eigenvalue weighted by Gasteiger charge is 2.29. The Kier molecular flexibility index (Phi) is 4.98. The Morgan fingerprint density at radius 3 is 2.45 bits per heavy atom. The van der Waals surface area contributed by atoms with Gasteiger partial charge in [-0.05, 0) is 56.0 Å². The molecule has 31 heavy (non-hydrogen) atoms. The molecule has 3 heterocycles. The molecule has 3 aromatic heterocycles. The van der Waals surface area contributed by atoms with Gasteiger partial charge in [0.1, 0.15) is 0 Å². The van der Waals surface area contributed by atoms with Crippen molar-refractivity contribution in [3.8, 4) is 0 Å². The van der Waals surface area contributed by atoms with Gasteiger partial charge in [-0.1, -0.05) is 30.3 Å². The first-order valence-electron chi connectivity index (χ1n) is 10.8. The van der Waals surface area contributed by atoms with Crippen LogP contribution < -0.4 is 5.32 Å². The van der Waals surface area contributed by atoms with Crippen molar-refractivity contribution in [3.63, 3.8) is 0 Å². The Labute approximate surface area is 181 Å². The number of nitrogens with zero attached hydrogens (tertiary/aromatic N) is 4. The molecule has 1 aliphatic carbocycles. The highest BCUT2D eigenvalue weighted by molar-refractivity contribution is 6.05. The number of benzene rings is 1. The Balaban J connectivity index is 1.57. The molecule has 1 unspecified atom stereocenters. The molecule has 1 aromatic carbocycles. The van der Waals surface area contributed by atoms with E-state index in [1.165, 1.54) is 0 Å². The fourth-order valence-electron chi connectivity index (χ4n) is 3.96. The van der Waals surface area contributed by atoms with Gasteiger partial charge in [0.2, 0.25) is 0 Å². The molecule has 4 aromatic rings. The van der Waals surface area contributed by atoms with Crippen LogP contribution in [0.3, 0.4) is 0 Å². The monoisotopic (exact) mass is 411 g/mol. The third-order valence-corrected chi connectivity index (χ3v) is 5.76. The third kappa shape index (κ3) is 3.81. The molecule has 0 aliphatic heterocycles. The summed E-state index contributed by atoms with van der Waals surface area (Å²) >= 11 is 0. The van der Waals surface area contributed by atoms with Crippen molar-refractivity contribution in [3.05, 3.63) is 89.5 Å². The summed E-state index contributed by atoms with van der Waals surface area (Å²) in [6, 6.07) is 15.7. The van der Waals surface area contributed by atoms with E-state index in [1.54, 1.807) is 18.6 Å². The average Bonchev–Trinajstić information content (AvgIpc) is 3.56. The summed E-state index contributed by atoms with van der Waals surface area (Å²) in [5.41, 5.74) is 4.41. The van der Waals surface area contributed by atoms with Gasteiger partial charge >= 0.3 is 0 Å². The zero-order valence-corrected chi connectivity index (χ0v) is 17.7. The van der Waals surface area contributed by atoms with Gasteiger partial charge in [-0.2, -0.15) is 5.10 Å². The molecule has 1 N–H and O–H groups in total. The first-order chi connectivity index (χ1) is 15.1. The predicted molar refractivity (Wildman–Crippen MR) is 120 cm³/mol. The van der Waals surface area contributed by atoms with Crippen LogP contribution in [-0.4, -0.2) is 25.7 Å². The van der Waals surface area contributed by atoms with Crippen LogP contribution >= 0.6 is 0 Å². The molecule has 156 valence electrons. The summed E-state index contributed by atoms with van der Waals surface area (Å²) in [5.74, 6) is 0.319. The van der Waals surface area contributed by atoms with E-state index < -0.39 is 0 Å². The van der Waals surface area contributed by atoms with Crippen molar-refractivity contribution >= 4 is 16.9 Å². The highest BCUT2D eigenvalue weighted by atomic mass is 16.1. The molecule has 1 amide bonds. The van der Waals surface area contributed by atoms with Crippen LogP contribution in [0.25, 0.3) is 11.0 Å². The summed E-state index contributed by atoms with van der Waals surface area (Å²) in [6.07, 6.45) is 7.51. The van der Waals surface area contributed by atoms with Gasteiger partial charge in [0, 0.05) is 30.0 Å². The number of pyridine rings is 2. The maximum Gasteiger partial charge on any atom is 0.252 e. The zero-order valence-electron chi connectivity index (χ0n) is 17.7. The van der Waals surface area contributed by atoms with E-state index in [0.717, 1.165) is 40.7 Å². The Morgan fingerprint density at radius 1 is 1.06 bits per heavy atom. The lowest BCUT2D eigenvalue weighted by Crippen LogP contribution is -2.29. The number of amides is 1. The summed E-state index contributed by atoms with van der Waals surface area (Å²) in [4.78, 5) is 22.6. The van der Waals surface area contributed by atoms with E-state index in [0.29, 0.717) is 11.5 Å². The molecule has 1 fully saturated rings. The predicted octanol–water partition coefficient (Wildman–Crippen LogP) is 4.80. The number of rotatable bonds is 6. The molecule has 6 nitrogen and oxygen atoms in total. The van der Waals surface area contributed by atoms with Crippen LogP contribution in [0.15, 0.2) is 67.1 Å². The van der Waals surface area contributed by atoms with E-state index in [-0.39, 0.29) is 18.0 Å². The lowest BCUT2D eigenvalue weighted by Gasteiger charge is -2.20. The van der Waals surface area contributed by atoms with Crippen molar-refractivity contribution in [2.45, 2.75) is 44.7 Å². The lowest BCUT2D eigenvalue weighted by molar-refractivity contribution is 0.0944. The van der Waals surface area contributed by atoms with Crippen molar-refractivity contribution in [2.24, 2.45) is 0 Å². The summed E-state index contributed by atoms with van der Waals surface area (Å²) in [7, 11) is 0. The van der Waals surface area contributed by atoms with Gasteiger partial charge in [0.15, 0.2) is 5.65 Å². The van der Waals surface area contributed by atoms with Crippen molar-refractivity contribution < 1.29 is 4.79 Å². The topological polar surface area (TPSA) is 72.7 Å². The summed E-state index contributed by atoms with van der Waals surface area (Å²) < 4.78 is 1.90. The van der Waals surface area contributed by atoms with E-state index in [4.69, 9.17) is 4.98 Å². The summed E-state index contributed by atoms with van der Waals surface area (Å²) in [5, 5.41) is 8.56. The Bertz CT molecular complexity index is 1170. The number of carbonyl (C=O) groups is 1. The highest BCUT2D eigenvalue weighted by Crippen LogP contribution is 2.40. The first kappa shape index (κ1) is 19.4. The van der Waals surface area contributed by atoms with Crippen LogP contribution in [0.5, 0.6) is 0 Å². The summed E-state index contributed by atoms with van der Waals surface area (Å²) in [6.45, 7) is 4.15. The van der Waals surface area contributed by atoms with E-state index in [2.05, 4.69) is 29.2 Å². The minimum atomic E-state index is -0.274. The number of aromatic nitrogens is 4. The van der Waals surface area contributed by atoms with Crippen LogP contribution in [0.4, 0.5) is 0 Å². The molecule has 0 spiro atoms. The Hall–Kier alpha value is -3.54. The molecule has 1 saturated carbocycles. The minimum Gasteiger partial charge on any atom is -0.341 e. The quantitative estimate of drug-likeness (QED) is 0.494. The van der Waals surface area contributed by atoms with Gasteiger partial charge in [-0.15, -0.1) is 0 Å². The van der Waals surface area contributed by atoms with Crippen molar-refractivity contribution in [1.29, 1.82) is 0 Å². The molecule has 0 radical (unpaired) electrons. The fourth-order valence-corrected chi connectivity index (χ4v) is 3.96. The number of hydrogen-bond donors (Lipinski definition) is 1. The molecule has 0 bridgehead atoms. The number of fused-ring (bicyclic) bond motifs is 1. The second-order valence-corrected chi connectivity index (χ2v) is 8.39. The molecule has 5 rings (SSSR count). The van der Waals surface area contributed by atoms with Crippen molar-refractivity contribution in [2.75, 3.05) is 0 Å². The molecule has 0 saturated heterocycles. The first-order valence-corrected chi connectivity index (χ1v) is 10.8. The number of nitrogens with one attached hydrogen (secondary N) is 1. The maximum atomic E-state index is 13.6. The lowest BCUT2D eigenvalue weighted by atomic mass is 9.99. The molecule has 1 aliphatic rings. The van der Waals surface area contributed by atoms with E-state index in [9.17, 15) is 4.79 Å². The van der Waals surface area contributed by atoms with Crippen LogP contribution in [0.2, 0.25) is 0 Å². The van der Waals surface area contributed by atoms with E-state index >= 15 is 0 Å².